The van der Waals surface area contributed by atoms with Gasteiger partial charge in [-0.25, -0.2) is 0 Å². The lowest BCUT2D eigenvalue weighted by Crippen LogP contribution is -2.39. The van der Waals surface area contributed by atoms with Crippen molar-refractivity contribution in [1.82, 2.24) is 0 Å². The van der Waals surface area contributed by atoms with Crippen molar-refractivity contribution in [3.05, 3.63) is 70.4 Å². The Morgan fingerprint density at radius 3 is 2.55 bits per heavy atom. The van der Waals surface area contributed by atoms with Crippen LogP contribution < -0.4 is 10.6 Å². The molecule has 0 spiro atoms. The number of benzene rings is 2. The molecule has 1 aliphatic heterocycles. The zero-order valence-electron chi connectivity index (χ0n) is 17.2. The van der Waals surface area contributed by atoms with Gasteiger partial charge in [0.05, 0.1) is 24.5 Å². The largest absolute Gasteiger partial charge is 0.468 e. The molecule has 1 heterocycles. The Morgan fingerprint density at radius 1 is 1.10 bits per heavy atom. The number of para-hydroxylation sites is 2. The molecule has 150 valence electrons. The minimum Gasteiger partial charge on any atom is -0.468 e. The molecule has 0 fully saturated rings. The van der Waals surface area contributed by atoms with Gasteiger partial charge in [0.25, 0.3) is 0 Å². The third-order valence-electron chi connectivity index (χ3n) is 5.97. The number of carbonyl (C=O) groups excluding carboxylic acids is 2. The molecule has 5 heteroatoms. The predicted octanol–water partition coefficient (Wildman–Crippen LogP) is 4.53. The highest BCUT2D eigenvalue weighted by molar-refractivity contribution is 6.11. The Hall–Kier alpha value is -3.08. The summed E-state index contributed by atoms with van der Waals surface area (Å²) in [5.74, 6) is -1.54. The van der Waals surface area contributed by atoms with Crippen LogP contribution in [0.2, 0.25) is 0 Å². The van der Waals surface area contributed by atoms with Crippen molar-refractivity contribution in [2.24, 2.45) is 11.8 Å². The van der Waals surface area contributed by atoms with Crippen LogP contribution in [0.3, 0.4) is 0 Å². The van der Waals surface area contributed by atoms with E-state index in [9.17, 15) is 9.59 Å². The van der Waals surface area contributed by atoms with Gasteiger partial charge in [-0.15, -0.1) is 0 Å². The Labute approximate surface area is 171 Å². The molecule has 3 atom stereocenters. The van der Waals surface area contributed by atoms with Gasteiger partial charge in [0.2, 0.25) is 0 Å². The predicted molar refractivity (Wildman–Crippen MR) is 114 cm³/mol. The molecule has 0 saturated heterocycles. The molecule has 4 rings (SSSR count). The second kappa shape index (κ2) is 7.39. The molecule has 0 bridgehead atoms. The monoisotopic (exact) mass is 390 g/mol. The molecule has 2 N–H and O–H groups in total. The van der Waals surface area contributed by atoms with Crippen molar-refractivity contribution in [3.8, 4) is 0 Å². The maximum absolute atomic E-state index is 13.6. The second-order valence-electron chi connectivity index (χ2n) is 8.05. The number of Topliss-reactive ketones (excluding diaryl/α,β-unsaturated/α-hetero) is 1. The fourth-order valence-corrected chi connectivity index (χ4v) is 4.44. The number of hydrogen-bond acceptors (Lipinski definition) is 5. The van der Waals surface area contributed by atoms with E-state index in [2.05, 4.69) is 35.8 Å². The lowest BCUT2D eigenvalue weighted by atomic mass is 9.74. The van der Waals surface area contributed by atoms with Gasteiger partial charge in [0.1, 0.15) is 5.92 Å². The number of hydrogen-bond donors (Lipinski definition) is 2. The normalized spacial score (nSPS) is 23.3. The Bertz CT molecular complexity index is 1020. The molecule has 0 saturated carbocycles. The standard InChI is InChI=1S/C24H26N2O3/c1-13-9-10-14(2)16(11-13)22-21-19(25-17-7-5-6-8-18(17)26-22)12-15(3)20(23(21)27)24(28)29-4/h5-11,15,20,22,25-26H,12H2,1-4H3/t15-,20+,22+/m0/s1. The number of methoxy groups -OCH3 is 1. The van der Waals surface area contributed by atoms with Gasteiger partial charge in [0.15, 0.2) is 5.78 Å². The van der Waals surface area contributed by atoms with Gasteiger partial charge >= 0.3 is 5.97 Å². The SMILES string of the molecule is COC(=O)[C@H]1C(=O)C2=C(C[C@@H]1C)Nc1ccccc1N[C@@H]2c1cc(C)ccc1C. The number of anilines is 2. The van der Waals surface area contributed by atoms with E-state index in [1.165, 1.54) is 7.11 Å². The summed E-state index contributed by atoms with van der Waals surface area (Å²) in [7, 11) is 1.34. The van der Waals surface area contributed by atoms with Crippen molar-refractivity contribution in [2.45, 2.75) is 33.2 Å². The number of aryl methyl sites for hydroxylation is 2. The summed E-state index contributed by atoms with van der Waals surface area (Å²) in [5.41, 5.74) is 6.64. The van der Waals surface area contributed by atoms with Crippen molar-refractivity contribution >= 4 is 23.1 Å². The average Bonchev–Trinajstić information content (AvgIpc) is 2.86. The molecule has 2 aromatic carbocycles. The molecular weight excluding hydrogens is 364 g/mol. The third kappa shape index (κ3) is 3.31. The minimum absolute atomic E-state index is 0.134. The minimum atomic E-state index is -0.781. The van der Waals surface area contributed by atoms with Gasteiger partial charge in [-0.2, -0.15) is 0 Å². The van der Waals surface area contributed by atoms with Crippen LogP contribution in [0.15, 0.2) is 53.7 Å². The highest BCUT2D eigenvalue weighted by atomic mass is 16.5. The smallest absolute Gasteiger partial charge is 0.316 e. The third-order valence-corrected chi connectivity index (χ3v) is 5.97. The van der Waals surface area contributed by atoms with Gasteiger partial charge in [-0.3, -0.25) is 9.59 Å². The van der Waals surface area contributed by atoms with E-state index in [0.29, 0.717) is 12.0 Å². The van der Waals surface area contributed by atoms with E-state index >= 15 is 0 Å². The molecule has 5 nitrogen and oxygen atoms in total. The van der Waals surface area contributed by atoms with Crippen LogP contribution >= 0.6 is 0 Å². The Balaban J connectivity index is 1.91. The average molecular weight is 390 g/mol. The Kier molecular flexibility index (Phi) is 4.91. The van der Waals surface area contributed by atoms with E-state index in [1.54, 1.807) is 0 Å². The van der Waals surface area contributed by atoms with Crippen LogP contribution in [-0.4, -0.2) is 18.9 Å². The summed E-state index contributed by atoms with van der Waals surface area (Å²) in [4.78, 5) is 26.0. The van der Waals surface area contributed by atoms with Gasteiger partial charge in [0, 0.05) is 11.3 Å². The van der Waals surface area contributed by atoms with Crippen LogP contribution in [0.1, 0.15) is 36.1 Å². The van der Waals surface area contributed by atoms with E-state index in [1.807, 2.05) is 38.1 Å². The number of allylic oxidation sites excluding steroid dienone is 1. The molecule has 0 unspecified atom stereocenters. The van der Waals surface area contributed by atoms with E-state index in [-0.39, 0.29) is 17.7 Å². The van der Waals surface area contributed by atoms with E-state index in [4.69, 9.17) is 4.74 Å². The van der Waals surface area contributed by atoms with Crippen molar-refractivity contribution < 1.29 is 14.3 Å². The summed E-state index contributed by atoms with van der Waals surface area (Å²) in [6.07, 6.45) is 0.609. The maximum atomic E-state index is 13.6. The van der Waals surface area contributed by atoms with Crippen LogP contribution in [-0.2, 0) is 14.3 Å². The molecule has 0 aromatic heterocycles. The summed E-state index contributed by atoms with van der Waals surface area (Å²) < 4.78 is 4.96. The number of nitrogens with one attached hydrogen (secondary N) is 2. The van der Waals surface area contributed by atoms with Gasteiger partial charge in [-0.05, 0) is 49.4 Å². The molecule has 1 aliphatic carbocycles. The first-order chi connectivity index (χ1) is 13.9. The molecule has 29 heavy (non-hydrogen) atoms. The fourth-order valence-electron chi connectivity index (χ4n) is 4.44. The fraction of sp³-hybridized carbons (Fsp3) is 0.333. The number of ether oxygens (including phenoxy) is 1. The first-order valence-electron chi connectivity index (χ1n) is 9.95. The maximum Gasteiger partial charge on any atom is 0.316 e. The van der Waals surface area contributed by atoms with Crippen molar-refractivity contribution in [3.63, 3.8) is 0 Å². The number of ketones is 1. The topological polar surface area (TPSA) is 67.4 Å². The lowest BCUT2D eigenvalue weighted by Gasteiger charge is -2.33. The number of carbonyl (C=O) groups is 2. The van der Waals surface area contributed by atoms with Gasteiger partial charge in [-0.1, -0.05) is 42.8 Å². The van der Waals surface area contributed by atoms with E-state index < -0.39 is 11.9 Å². The molecule has 0 amide bonds. The highest BCUT2D eigenvalue weighted by Crippen LogP contribution is 2.44. The molecule has 2 aromatic rings. The quantitative estimate of drug-likeness (QED) is 0.582. The number of rotatable bonds is 2. The van der Waals surface area contributed by atoms with Crippen LogP contribution in [0.25, 0.3) is 0 Å². The van der Waals surface area contributed by atoms with Crippen molar-refractivity contribution in [1.29, 1.82) is 0 Å². The molecule has 0 radical (unpaired) electrons. The van der Waals surface area contributed by atoms with Crippen LogP contribution in [0, 0.1) is 25.7 Å². The number of fused-ring (bicyclic) bond motifs is 1. The zero-order chi connectivity index (χ0) is 20.7. The first kappa shape index (κ1) is 19.2. The lowest BCUT2D eigenvalue weighted by molar-refractivity contribution is -0.151. The first-order valence-corrected chi connectivity index (χ1v) is 9.95. The molecular formula is C24H26N2O3. The summed E-state index contributed by atoms with van der Waals surface area (Å²) in [6, 6.07) is 13.9. The summed E-state index contributed by atoms with van der Waals surface area (Å²) in [5, 5.41) is 7.05. The number of esters is 1. The summed E-state index contributed by atoms with van der Waals surface area (Å²) in [6.45, 7) is 6.03. The second-order valence-corrected chi connectivity index (χ2v) is 8.05. The summed E-state index contributed by atoms with van der Waals surface area (Å²) >= 11 is 0. The Morgan fingerprint density at radius 2 is 1.83 bits per heavy atom. The van der Waals surface area contributed by atoms with Crippen LogP contribution in [0.4, 0.5) is 11.4 Å². The van der Waals surface area contributed by atoms with E-state index in [0.717, 1.165) is 33.8 Å². The zero-order valence-corrected chi connectivity index (χ0v) is 17.2. The van der Waals surface area contributed by atoms with Crippen LogP contribution in [0.5, 0.6) is 0 Å². The highest BCUT2D eigenvalue weighted by Gasteiger charge is 2.44. The molecule has 2 aliphatic rings. The van der Waals surface area contributed by atoms with Gasteiger partial charge < -0.3 is 15.4 Å². The van der Waals surface area contributed by atoms with Crippen molar-refractivity contribution in [2.75, 3.05) is 17.7 Å².